The van der Waals surface area contributed by atoms with Gasteiger partial charge in [-0.2, -0.15) is 0 Å². The number of aliphatic hydroxyl groups is 1. The van der Waals surface area contributed by atoms with Crippen molar-refractivity contribution >= 4 is 10.0 Å². The molecule has 0 aliphatic rings. The van der Waals surface area contributed by atoms with Crippen molar-refractivity contribution in [1.29, 1.82) is 0 Å². The van der Waals surface area contributed by atoms with E-state index in [1.54, 1.807) is 0 Å². The van der Waals surface area contributed by atoms with Crippen LogP contribution in [0, 0.1) is 5.82 Å². The van der Waals surface area contributed by atoms with Crippen molar-refractivity contribution in [1.82, 2.24) is 4.72 Å². The predicted octanol–water partition coefficient (Wildman–Crippen LogP) is 1.84. The molecule has 0 bridgehead atoms. The van der Waals surface area contributed by atoms with Crippen LogP contribution in [0.1, 0.15) is 11.1 Å². The van der Waals surface area contributed by atoms with Crippen molar-refractivity contribution < 1.29 is 17.9 Å². The minimum atomic E-state index is -3.71. The minimum absolute atomic E-state index is 0.0408. The van der Waals surface area contributed by atoms with Gasteiger partial charge < -0.3 is 5.11 Å². The molecule has 0 heterocycles. The molecule has 21 heavy (non-hydrogen) atoms. The fraction of sp³-hybridized carbons (Fsp3) is 0.200. The van der Waals surface area contributed by atoms with E-state index in [9.17, 15) is 12.8 Å². The lowest BCUT2D eigenvalue weighted by Gasteiger charge is -2.08. The van der Waals surface area contributed by atoms with Crippen molar-refractivity contribution in [2.45, 2.75) is 17.9 Å². The van der Waals surface area contributed by atoms with E-state index in [0.717, 1.165) is 17.7 Å². The fourth-order valence-corrected chi connectivity index (χ4v) is 2.98. The van der Waals surface area contributed by atoms with Gasteiger partial charge in [0.05, 0.1) is 11.5 Å². The first kappa shape index (κ1) is 15.6. The molecule has 4 nitrogen and oxygen atoms in total. The van der Waals surface area contributed by atoms with E-state index in [0.29, 0.717) is 6.42 Å². The molecule has 0 unspecified atom stereocenters. The van der Waals surface area contributed by atoms with Crippen LogP contribution in [0.5, 0.6) is 0 Å². The van der Waals surface area contributed by atoms with Gasteiger partial charge in [0, 0.05) is 12.1 Å². The summed E-state index contributed by atoms with van der Waals surface area (Å²) in [5.41, 5.74) is 0.983. The zero-order valence-electron chi connectivity index (χ0n) is 11.3. The molecule has 2 aromatic rings. The maximum atomic E-state index is 13.3. The molecular formula is C15H16FNO3S. The quantitative estimate of drug-likeness (QED) is 0.855. The van der Waals surface area contributed by atoms with E-state index >= 15 is 0 Å². The monoisotopic (exact) mass is 309 g/mol. The van der Waals surface area contributed by atoms with Crippen molar-refractivity contribution in [2.24, 2.45) is 0 Å². The molecule has 0 spiro atoms. The van der Waals surface area contributed by atoms with Crippen LogP contribution in [-0.2, 0) is 23.1 Å². The van der Waals surface area contributed by atoms with Gasteiger partial charge in [-0.1, -0.05) is 30.3 Å². The molecular weight excluding hydrogens is 293 g/mol. The summed E-state index contributed by atoms with van der Waals surface area (Å²) in [5, 5.41) is 8.98. The Kier molecular flexibility index (Phi) is 5.06. The van der Waals surface area contributed by atoms with Crippen LogP contribution in [0.2, 0.25) is 0 Å². The first-order valence-corrected chi connectivity index (χ1v) is 7.94. The van der Waals surface area contributed by atoms with E-state index in [4.69, 9.17) is 5.11 Å². The normalized spacial score (nSPS) is 11.5. The van der Waals surface area contributed by atoms with Crippen molar-refractivity contribution in [3.05, 3.63) is 65.5 Å². The average molecular weight is 309 g/mol. The first-order chi connectivity index (χ1) is 10.0. The third kappa shape index (κ3) is 4.10. The Labute approximate surface area is 123 Å². The topological polar surface area (TPSA) is 66.4 Å². The van der Waals surface area contributed by atoms with E-state index in [1.807, 2.05) is 30.3 Å². The Morgan fingerprint density at radius 1 is 1.10 bits per heavy atom. The standard InChI is InChI=1S/C15H16FNO3S/c16-15-7-6-14(10-13(15)11-18)21(19,20)17-9-8-12-4-2-1-3-5-12/h1-7,10,17-18H,8-9,11H2. The van der Waals surface area contributed by atoms with Gasteiger partial charge in [0.25, 0.3) is 0 Å². The summed E-state index contributed by atoms with van der Waals surface area (Å²) in [6.45, 7) is -0.294. The molecule has 0 atom stereocenters. The summed E-state index contributed by atoms with van der Waals surface area (Å²) in [6.07, 6.45) is 0.564. The number of rotatable bonds is 6. The second kappa shape index (κ2) is 6.80. The summed E-state index contributed by atoms with van der Waals surface area (Å²) in [7, 11) is -3.71. The highest BCUT2D eigenvalue weighted by atomic mass is 32.2. The largest absolute Gasteiger partial charge is 0.392 e. The average Bonchev–Trinajstić information content (AvgIpc) is 2.48. The van der Waals surface area contributed by atoms with Gasteiger partial charge in [-0.25, -0.2) is 17.5 Å². The van der Waals surface area contributed by atoms with Gasteiger partial charge in [0.1, 0.15) is 5.82 Å². The van der Waals surface area contributed by atoms with Gasteiger partial charge >= 0.3 is 0 Å². The van der Waals surface area contributed by atoms with Crippen LogP contribution in [0.4, 0.5) is 4.39 Å². The lowest BCUT2D eigenvalue weighted by Crippen LogP contribution is -2.26. The van der Waals surface area contributed by atoms with Gasteiger partial charge in [-0.15, -0.1) is 0 Å². The fourth-order valence-electron chi connectivity index (χ4n) is 1.90. The number of aliphatic hydroxyl groups excluding tert-OH is 1. The molecule has 2 N–H and O–H groups in total. The molecule has 112 valence electrons. The van der Waals surface area contributed by atoms with E-state index in [2.05, 4.69) is 4.72 Å². The number of sulfonamides is 1. The summed E-state index contributed by atoms with van der Waals surface area (Å²) < 4.78 is 39.9. The summed E-state index contributed by atoms with van der Waals surface area (Å²) >= 11 is 0. The zero-order chi connectivity index (χ0) is 15.3. The molecule has 0 saturated carbocycles. The first-order valence-electron chi connectivity index (χ1n) is 6.46. The molecule has 2 rings (SSSR count). The molecule has 0 aliphatic heterocycles. The van der Waals surface area contributed by atoms with Crippen LogP contribution in [0.3, 0.4) is 0 Å². The van der Waals surface area contributed by atoms with Gasteiger partial charge in [-0.05, 0) is 30.2 Å². The lowest BCUT2D eigenvalue weighted by atomic mass is 10.2. The Bertz CT molecular complexity index is 702. The van der Waals surface area contributed by atoms with Crippen molar-refractivity contribution in [3.63, 3.8) is 0 Å². The maximum Gasteiger partial charge on any atom is 0.240 e. The highest BCUT2D eigenvalue weighted by Gasteiger charge is 2.15. The van der Waals surface area contributed by atoms with Crippen LogP contribution in [0.15, 0.2) is 53.4 Å². The number of nitrogens with one attached hydrogen (secondary N) is 1. The second-order valence-electron chi connectivity index (χ2n) is 4.54. The Hall–Kier alpha value is -1.76. The van der Waals surface area contributed by atoms with Gasteiger partial charge in [-0.3, -0.25) is 0 Å². The summed E-state index contributed by atoms with van der Waals surface area (Å²) in [6, 6.07) is 12.8. The van der Waals surface area contributed by atoms with Crippen LogP contribution < -0.4 is 4.72 Å². The SMILES string of the molecule is O=S(=O)(NCCc1ccccc1)c1ccc(F)c(CO)c1. The summed E-state index contributed by atoms with van der Waals surface area (Å²) in [5.74, 6) is -0.624. The third-order valence-electron chi connectivity index (χ3n) is 3.05. The minimum Gasteiger partial charge on any atom is -0.392 e. The molecule has 0 saturated heterocycles. The van der Waals surface area contributed by atoms with Crippen molar-refractivity contribution in [2.75, 3.05) is 6.54 Å². The van der Waals surface area contributed by atoms with Gasteiger partial charge in [0.2, 0.25) is 10.0 Å². The Morgan fingerprint density at radius 3 is 2.48 bits per heavy atom. The Balaban J connectivity index is 2.05. The smallest absolute Gasteiger partial charge is 0.240 e. The van der Waals surface area contributed by atoms with E-state index < -0.39 is 22.4 Å². The zero-order valence-corrected chi connectivity index (χ0v) is 12.1. The van der Waals surface area contributed by atoms with E-state index in [1.165, 1.54) is 6.07 Å². The maximum absolute atomic E-state index is 13.3. The van der Waals surface area contributed by atoms with Crippen LogP contribution in [0.25, 0.3) is 0 Å². The van der Waals surface area contributed by atoms with Crippen LogP contribution >= 0.6 is 0 Å². The summed E-state index contributed by atoms with van der Waals surface area (Å²) in [4.78, 5) is -0.0546. The number of benzene rings is 2. The molecule has 0 radical (unpaired) electrons. The molecule has 0 fully saturated rings. The highest BCUT2D eigenvalue weighted by Crippen LogP contribution is 2.15. The molecule has 0 aromatic heterocycles. The highest BCUT2D eigenvalue weighted by molar-refractivity contribution is 7.89. The molecule has 6 heteroatoms. The Morgan fingerprint density at radius 2 is 1.81 bits per heavy atom. The molecule has 0 amide bonds. The number of halogens is 1. The molecule has 2 aromatic carbocycles. The molecule has 0 aliphatic carbocycles. The van der Waals surface area contributed by atoms with Gasteiger partial charge in [0.15, 0.2) is 0 Å². The van der Waals surface area contributed by atoms with E-state index in [-0.39, 0.29) is 17.0 Å². The van der Waals surface area contributed by atoms with Crippen LogP contribution in [-0.4, -0.2) is 20.1 Å². The lowest BCUT2D eigenvalue weighted by molar-refractivity contribution is 0.275. The predicted molar refractivity (Wildman–Crippen MR) is 77.7 cm³/mol. The third-order valence-corrected chi connectivity index (χ3v) is 4.51. The number of hydrogen-bond acceptors (Lipinski definition) is 3. The van der Waals surface area contributed by atoms with Crippen molar-refractivity contribution in [3.8, 4) is 0 Å². The number of hydrogen-bond donors (Lipinski definition) is 2. The second-order valence-corrected chi connectivity index (χ2v) is 6.31.